The van der Waals surface area contributed by atoms with Crippen molar-refractivity contribution in [2.45, 2.75) is 25.3 Å². The van der Waals surface area contributed by atoms with Crippen molar-refractivity contribution >= 4 is 10.9 Å². The fourth-order valence-electron chi connectivity index (χ4n) is 3.80. The number of H-pyrrole nitrogens is 1. The first kappa shape index (κ1) is 16.0. The molecule has 5 nitrogen and oxygen atoms in total. The lowest BCUT2D eigenvalue weighted by Gasteiger charge is -2.32. The normalized spacial score (nSPS) is 18.7. The number of hydrogen-bond acceptors (Lipinski definition) is 3. The number of halogens is 1. The molecule has 0 amide bonds. The first-order chi connectivity index (χ1) is 12.1. The molecule has 2 aromatic heterocycles. The zero-order chi connectivity index (χ0) is 17.4. The summed E-state index contributed by atoms with van der Waals surface area (Å²) in [6.07, 6.45) is 6.00. The lowest BCUT2D eigenvalue weighted by Crippen LogP contribution is -2.35. The van der Waals surface area contributed by atoms with E-state index in [4.69, 9.17) is 0 Å². The highest BCUT2D eigenvalue weighted by atomic mass is 19.1. The van der Waals surface area contributed by atoms with Crippen LogP contribution < -0.4 is 5.43 Å². The number of likely N-dealkylation sites (tertiary alicyclic amines) is 1. The van der Waals surface area contributed by atoms with E-state index in [2.05, 4.69) is 19.4 Å². The molecule has 1 saturated heterocycles. The van der Waals surface area contributed by atoms with Crippen molar-refractivity contribution in [3.05, 3.63) is 64.2 Å². The molecule has 1 fully saturated rings. The number of aromatic nitrogens is 3. The van der Waals surface area contributed by atoms with Crippen molar-refractivity contribution in [3.8, 4) is 0 Å². The molecule has 130 valence electrons. The zero-order valence-corrected chi connectivity index (χ0v) is 14.2. The van der Waals surface area contributed by atoms with Crippen LogP contribution in [0, 0.1) is 5.82 Å². The Kier molecular flexibility index (Phi) is 4.13. The number of piperidine rings is 1. The summed E-state index contributed by atoms with van der Waals surface area (Å²) in [5.41, 5.74) is 0.909. The van der Waals surface area contributed by atoms with Gasteiger partial charge < -0.3 is 9.55 Å². The lowest BCUT2D eigenvalue weighted by atomic mass is 9.97. The summed E-state index contributed by atoms with van der Waals surface area (Å²) in [7, 11) is 2.02. The molecule has 0 aliphatic carbocycles. The molecule has 1 atom stereocenters. The van der Waals surface area contributed by atoms with Crippen LogP contribution in [0.1, 0.15) is 30.3 Å². The first-order valence-corrected chi connectivity index (χ1v) is 8.62. The number of para-hydroxylation sites is 1. The van der Waals surface area contributed by atoms with Crippen LogP contribution in [0.2, 0.25) is 0 Å². The smallest absolute Gasteiger partial charge is 0.189 e. The highest BCUT2D eigenvalue weighted by Gasteiger charge is 2.24. The third-order valence-electron chi connectivity index (χ3n) is 4.99. The van der Waals surface area contributed by atoms with Crippen LogP contribution in [0.15, 0.2) is 41.5 Å². The number of aromatic amines is 1. The predicted molar refractivity (Wildman–Crippen MR) is 95.0 cm³/mol. The summed E-state index contributed by atoms with van der Waals surface area (Å²) < 4.78 is 16.1. The average Bonchev–Trinajstić information content (AvgIpc) is 3.02. The van der Waals surface area contributed by atoms with Crippen LogP contribution in [0.3, 0.4) is 0 Å². The predicted octanol–water partition coefficient (Wildman–Crippen LogP) is 2.78. The van der Waals surface area contributed by atoms with E-state index in [1.165, 1.54) is 6.07 Å². The molecule has 3 heterocycles. The number of fused-ring (bicyclic) bond motifs is 1. The van der Waals surface area contributed by atoms with Gasteiger partial charge >= 0.3 is 0 Å². The van der Waals surface area contributed by atoms with Gasteiger partial charge in [-0.1, -0.05) is 6.07 Å². The Hall–Kier alpha value is -2.47. The second-order valence-corrected chi connectivity index (χ2v) is 6.79. The van der Waals surface area contributed by atoms with Crippen molar-refractivity contribution in [1.82, 2.24) is 19.4 Å². The Labute approximate surface area is 145 Å². The number of pyridine rings is 1. The Morgan fingerprint density at radius 1 is 1.40 bits per heavy atom. The fraction of sp³-hybridized carbons (Fsp3) is 0.368. The van der Waals surface area contributed by atoms with Crippen molar-refractivity contribution in [3.63, 3.8) is 0 Å². The van der Waals surface area contributed by atoms with Gasteiger partial charge in [-0.3, -0.25) is 9.69 Å². The number of imidazole rings is 1. The molecule has 1 unspecified atom stereocenters. The molecule has 0 radical (unpaired) electrons. The van der Waals surface area contributed by atoms with E-state index in [9.17, 15) is 9.18 Å². The number of nitrogens with zero attached hydrogens (tertiary/aromatic N) is 3. The topological polar surface area (TPSA) is 53.9 Å². The largest absolute Gasteiger partial charge is 0.355 e. The van der Waals surface area contributed by atoms with E-state index in [0.717, 1.165) is 37.4 Å². The molecular weight excluding hydrogens is 319 g/mol. The van der Waals surface area contributed by atoms with Crippen molar-refractivity contribution < 1.29 is 4.39 Å². The minimum absolute atomic E-state index is 0.138. The van der Waals surface area contributed by atoms with Crippen LogP contribution in [0.5, 0.6) is 0 Å². The van der Waals surface area contributed by atoms with Gasteiger partial charge in [0.25, 0.3) is 0 Å². The van der Waals surface area contributed by atoms with Gasteiger partial charge in [0.05, 0.1) is 5.52 Å². The molecular formula is C19H21FN4O. The summed E-state index contributed by atoms with van der Waals surface area (Å²) in [5.74, 6) is 1.10. The quantitative estimate of drug-likeness (QED) is 0.798. The van der Waals surface area contributed by atoms with E-state index < -0.39 is 0 Å². The van der Waals surface area contributed by atoms with Crippen LogP contribution in [-0.4, -0.2) is 32.5 Å². The van der Waals surface area contributed by atoms with Crippen molar-refractivity contribution in [2.75, 3.05) is 13.1 Å². The summed E-state index contributed by atoms with van der Waals surface area (Å²) in [6.45, 7) is 2.47. The number of hydrogen-bond donors (Lipinski definition) is 1. The summed E-state index contributed by atoms with van der Waals surface area (Å²) in [6, 6.07) is 6.18. The van der Waals surface area contributed by atoms with E-state index in [1.807, 2.05) is 19.4 Å². The molecule has 0 bridgehead atoms. The maximum Gasteiger partial charge on any atom is 0.189 e. The SMILES string of the molecule is Cn1ccnc1C1CCCN(Cc2cc(=O)c3cccc(F)c3[nH]2)C1. The van der Waals surface area contributed by atoms with Gasteiger partial charge in [0.1, 0.15) is 11.6 Å². The molecule has 25 heavy (non-hydrogen) atoms. The second-order valence-electron chi connectivity index (χ2n) is 6.79. The zero-order valence-electron chi connectivity index (χ0n) is 14.2. The second kappa shape index (κ2) is 6.44. The van der Waals surface area contributed by atoms with Gasteiger partial charge in [0.2, 0.25) is 0 Å². The number of aryl methyl sites for hydroxylation is 1. The van der Waals surface area contributed by atoms with Gasteiger partial charge in [0.15, 0.2) is 5.43 Å². The van der Waals surface area contributed by atoms with Crippen LogP contribution in [-0.2, 0) is 13.6 Å². The molecule has 0 spiro atoms. The van der Waals surface area contributed by atoms with Gasteiger partial charge in [-0.15, -0.1) is 0 Å². The molecule has 6 heteroatoms. The Balaban J connectivity index is 1.58. The average molecular weight is 340 g/mol. The molecule has 1 aromatic carbocycles. The maximum absolute atomic E-state index is 14.0. The number of nitrogens with one attached hydrogen (secondary N) is 1. The van der Waals surface area contributed by atoms with E-state index in [0.29, 0.717) is 23.4 Å². The van der Waals surface area contributed by atoms with Gasteiger partial charge in [0, 0.05) is 55.6 Å². The Morgan fingerprint density at radius 2 is 2.28 bits per heavy atom. The summed E-state index contributed by atoms with van der Waals surface area (Å²) in [4.78, 5) is 22.2. The van der Waals surface area contributed by atoms with E-state index in [-0.39, 0.29) is 11.2 Å². The highest BCUT2D eigenvalue weighted by molar-refractivity contribution is 5.78. The minimum Gasteiger partial charge on any atom is -0.355 e. The highest BCUT2D eigenvalue weighted by Crippen LogP contribution is 2.26. The maximum atomic E-state index is 14.0. The molecule has 3 aromatic rings. The van der Waals surface area contributed by atoms with Gasteiger partial charge in [-0.25, -0.2) is 9.37 Å². The van der Waals surface area contributed by atoms with Gasteiger partial charge in [-0.05, 0) is 31.5 Å². The third-order valence-corrected chi connectivity index (χ3v) is 4.99. The van der Waals surface area contributed by atoms with Crippen molar-refractivity contribution in [2.24, 2.45) is 7.05 Å². The fourth-order valence-corrected chi connectivity index (χ4v) is 3.80. The molecule has 1 aliphatic heterocycles. The third kappa shape index (κ3) is 3.09. The molecule has 1 aliphatic rings. The monoisotopic (exact) mass is 340 g/mol. The van der Waals surface area contributed by atoms with E-state index >= 15 is 0 Å². The Morgan fingerprint density at radius 3 is 3.08 bits per heavy atom. The van der Waals surface area contributed by atoms with E-state index in [1.54, 1.807) is 18.2 Å². The van der Waals surface area contributed by atoms with Crippen LogP contribution >= 0.6 is 0 Å². The van der Waals surface area contributed by atoms with Crippen molar-refractivity contribution in [1.29, 1.82) is 0 Å². The van der Waals surface area contributed by atoms with Gasteiger partial charge in [-0.2, -0.15) is 0 Å². The lowest BCUT2D eigenvalue weighted by molar-refractivity contribution is 0.193. The van der Waals surface area contributed by atoms with Crippen LogP contribution in [0.25, 0.3) is 10.9 Å². The molecule has 0 saturated carbocycles. The molecule has 4 rings (SSSR count). The first-order valence-electron chi connectivity index (χ1n) is 8.62. The Bertz CT molecular complexity index is 961. The summed E-state index contributed by atoms with van der Waals surface area (Å²) >= 11 is 0. The number of benzene rings is 1. The summed E-state index contributed by atoms with van der Waals surface area (Å²) in [5, 5.41) is 0.397. The molecule has 1 N–H and O–H groups in total. The van der Waals surface area contributed by atoms with Crippen LogP contribution in [0.4, 0.5) is 4.39 Å². The number of rotatable bonds is 3. The standard InChI is InChI=1S/C19H21FN4O/c1-23-9-7-21-19(23)13-4-3-8-24(11-13)12-14-10-17(25)15-5-2-6-16(20)18(15)22-14/h2,5-7,9-10,13H,3-4,8,11-12H2,1H3,(H,22,25). The minimum atomic E-state index is -0.388.